The van der Waals surface area contributed by atoms with Gasteiger partial charge in [0.1, 0.15) is 5.82 Å². The summed E-state index contributed by atoms with van der Waals surface area (Å²) in [6, 6.07) is 0. The van der Waals surface area contributed by atoms with Crippen LogP contribution in [-0.4, -0.2) is 50.8 Å². The first kappa shape index (κ1) is 13.2. The molecule has 0 fully saturated rings. The zero-order valence-corrected chi connectivity index (χ0v) is 9.74. The van der Waals surface area contributed by atoms with E-state index in [0.29, 0.717) is 16.5 Å². The SMILES string of the molecule is CSc1ncc(CO)c(NCC(O)CO)n1. The summed E-state index contributed by atoms with van der Waals surface area (Å²) >= 11 is 1.39. The number of rotatable bonds is 6. The molecule has 0 saturated heterocycles. The molecule has 6 nitrogen and oxygen atoms in total. The van der Waals surface area contributed by atoms with Crippen LogP contribution in [0.2, 0.25) is 0 Å². The minimum Gasteiger partial charge on any atom is -0.394 e. The Hall–Kier alpha value is -0.890. The molecule has 0 amide bonds. The van der Waals surface area contributed by atoms with Crippen LogP contribution < -0.4 is 5.32 Å². The van der Waals surface area contributed by atoms with Crippen LogP contribution >= 0.6 is 11.8 Å². The van der Waals surface area contributed by atoms with Gasteiger partial charge in [0.2, 0.25) is 0 Å². The van der Waals surface area contributed by atoms with Gasteiger partial charge in [-0.15, -0.1) is 0 Å². The molecular weight excluding hydrogens is 230 g/mol. The second-order valence-electron chi connectivity index (χ2n) is 3.11. The van der Waals surface area contributed by atoms with Crippen molar-refractivity contribution in [3.05, 3.63) is 11.8 Å². The van der Waals surface area contributed by atoms with Gasteiger partial charge >= 0.3 is 0 Å². The van der Waals surface area contributed by atoms with E-state index < -0.39 is 6.10 Å². The molecule has 1 heterocycles. The predicted octanol–water partition coefficient (Wildman–Crippen LogP) is -0.544. The molecule has 0 radical (unpaired) electrons. The van der Waals surface area contributed by atoms with Gasteiger partial charge in [0.05, 0.1) is 19.3 Å². The summed E-state index contributed by atoms with van der Waals surface area (Å²) in [5.41, 5.74) is 0.558. The van der Waals surface area contributed by atoms with Crippen LogP contribution in [0.25, 0.3) is 0 Å². The van der Waals surface area contributed by atoms with E-state index in [2.05, 4.69) is 15.3 Å². The number of hydrogen-bond acceptors (Lipinski definition) is 7. The Bertz CT molecular complexity index is 338. The maximum absolute atomic E-state index is 9.19. The molecule has 0 spiro atoms. The van der Waals surface area contributed by atoms with Gasteiger partial charge in [-0.05, 0) is 6.26 Å². The maximum Gasteiger partial charge on any atom is 0.189 e. The summed E-state index contributed by atoms with van der Waals surface area (Å²) in [6.07, 6.45) is 2.53. The number of aliphatic hydroxyl groups excluding tert-OH is 3. The van der Waals surface area contributed by atoms with E-state index >= 15 is 0 Å². The normalized spacial score (nSPS) is 12.5. The first-order chi connectivity index (χ1) is 7.71. The van der Waals surface area contributed by atoms with Gasteiger partial charge in [0.15, 0.2) is 5.16 Å². The number of anilines is 1. The van der Waals surface area contributed by atoms with Crippen LogP contribution in [0.3, 0.4) is 0 Å². The van der Waals surface area contributed by atoms with E-state index in [-0.39, 0.29) is 19.8 Å². The van der Waals surface area contributed by atoms with Crippen LogP contribution in [0.5, 0.6) is 0 Å². The smallest absolute Gasteiger partial charge is 0.189 e. The highest BCUT2D eigenvalue weighted by Crippen LogP contribution is 2.16. The standard InChI is InChI=1S/C9H15N3O3S/c1-16-9-11-2-6(4-13)8(12-9)10-3-7(15)5-14/h2,7,13-15H,3-5H2,1H3,(H,10,11,12). The predicted molar refractivity (Wildman–Crippen MR) is 61.3 cm³/mol. The number of aromatic nitrogens is 2. The number of nitrogens with zero attached hydrogens (tertiary/aromatic N) is 2. The van der Waals surface area contributed by atoms with E-state index in [9.17, 15) is 5.11 Å². The van der Waals surface area contributed by atoms with Gasteiger partial charge in [-0.25, -0.2) is 9.97 Å². The monoisotopic (exact) mass is 245 g/mol. The van der Waals surface area contributed by atoms with Crippen molar-refractivity contribution in [1.29, 1.82) is 0 Å². The largest absolute Gasteiger partial charge is 0.394 e. The first-order valence-electron chi connectivity index (χ1n) is 4.74. The second kappa shape index (κ2) is 6.64. The van der Waals surface area contributed by atoms with Crippen molar-refractivity contribution in [2.24, 2.45) is 0 Å². The molecular formula is C9H15N3O3S. The van der Waals surface area contributed by atoms with Crippen LogP contribution in [-0.2, 0) is 6.61 Å². The molecule has 0 aromatic carbocycles. The Labute approximate surface area is 97.8 Å². The van der Waals surface area contributed by atoms with Crippen molar-refractivity contribution in [2.75, 3.05) is 24.7 Å². The van der Waals surface area contributed by atoms with Gasteiger partial charge in [0.25, 0.3) is 0 Å². The molecule has 7 heteroatoms. The maximum atomic E-state index is 9.19. The lowest BCUT2D eigenvalue weighted by Gasteiger charge is -2.12. The topological polar surface area (TPSA) is 98.5 Å². The van der Waals surface area contributed by atoms with E-state index in [4.69, 9.17) is 10.2 Å². The molecule has 0 aliphatic rings. The summed E-state index contributed by atoms with van der Waals surface area (Å²) in [6.45, 7) is -0.317. The third-order valence-electron chi connectivity index (χ3n) is 1.91. The van der Waals surface area contributed by atoms with Crippen LogP contribution in [0.4, 0.5) is 5.82 Å². The lowest BCUT2D eigenvalue weighted by Crippen LogP contribution is -2.24. The molecule has 16 heavy (non-hydrogen) atoms. The molecule has 1 aromatic rings. The molecule has 4 N–H and O–H groups in total. The lowest BCUT2D eigenvalue weighted by atomic mass is 10.3. The van der Waals surface area contributed by atoms with Crippen LogP contribution in [0.1, 0.15) is 5.56 Å². The van der Waals surface area contributed by atoms with E-state index in [1.807, 2.05) is 6.26 Å². The molecule has 0 aliphatic carbocycles. The quantitative estimate of drug-likeness (QED) is 0.394. The van der Waals surface area contributed by atoms with Gasteiger partial charge in [-0.3, -0.25) is 0 Å². The van der Waals surface area contributed by atoms with E-state index in [1.165, 1.54) is 18.0 Å². The number of aliphatic hydroxyl groups is 3. The average molecular weight is 245 g/mol. The van der Waals surface area contributed by atoms with Crippen molar-refractivity contribution in [3.8, 4) is 0 Å². The van der Waals surface area contributed by atoms with Crippen molar-refractivity contribution in [3.63, 3.8) is 0 Å². The average Bonchev–Trinajstić information content (AvgIpc) is 2.35. The Balaban J connectivity index is 2.75. The third kappa shape index (κ3) is 3.60. The van der Waals surface area contributed by atoms with Crippen molar-refractivity contribution in [2.45, 2.75) is 17.9 Å². The minimum absolute atomic E-state index is 0.174. The zero-order chi connectivity index (χ0) is 12.0. The third-order valence-corrected chi connectivity index (χ3v) is 2.47. The lowest BCUT2D eigenvalue weighted by molar-refractivity contribution is 0.105. The highest BCUT2D eigenvalue weighted by molar-refractivity contribution is 7.98. The fourth-order valence-electron chi connectivity index (χ4n) is 1.04. The van der Waals surface area contributed by atoms with Gasteiger partial charge < -0.3 is 20.6 Å². The van der Waals surface area contributed by atoms with Crippen LogP contribution in [0, 0.1) is 0 Å². The molecule has 90 valence electrons. The van der Waals surface area contributed by atoms with E-state index in [0.717, 1.165) is 0 Å². The second-order valence-corrected chi connectivity index (χ2v) is 3.88. The minimum atomic E-state index is -0.848. The highest BCUT2D eigenvalue weighted by Gasteiger charge is 2.08. The Morgan fingerprint density at radius 2 is 2.25 bits per heavy atom. The summed E-state index contributed by atoms with van der Waals surface area (Å²) in [7, 11) is 0. The van der Waals surface area contributed by atoms with Crippen molar-refractivity contribution in [1.82, 2.24) is 9.97 Å². The zero-order valence-electron chi connectivity index (χ0n) is 8.92. The Morgan fingerprint density at radius 1 is 1.50 bits per heavy atom. The summed E-state index contributed by atoms with van der Waals surface area (Å²) in [5.74, 6) is 0.481. The molecule has 0 aliphatic heterocycles. The van der Waals surface area contributed by atoms with E-state index in [1.54, 1.807) is 0 Å². The van der Waals surface area contributed by atoms with Crippen molar-refractivity contribution < 1.29 is 15.3 Å². The molecule has 0 saturated carbocycles. The molecule has 1 rings (SSSR count). The Kier molecular flexibility index (Phi) is 5.47. The number of nitrogens with one attached hydrogen (secondary N) is 1. The fourth-order valence-corrected chi connectivity index (χ4v) is 1.38. The van der Waals surface area contributed by atoms with Gasteiger partial charge in [-0.2, -0.15) is 0 Å². The number of hydrogen-bond donors (Lipinski definition) is 4. The summed E-state index contributed by atoms with van der Waals surface area (Å²) < 4.78 is 0. The molecule has 0 bridgehead atoms. The van der Waals surface area contributed by atoms with Gasteiger partial charge in [0, 0.05) is 18.3 Å². The first-order valence-corrected chi connectivity index (χ1v) is 5.97. The Morgan fingerprint density at radius 3 is 2.81 bits per heavy atom. The number of thioether (sulfide) groups is 1. The summed E-state index contributed by atoms with van der Waals surface area (Å²) in [5, 5.41) is 30.4. The van der Waals surface area contributed by atoms with Crippen LogP contribution in [0.15, 0.2) is 11.4 Å². The molecule has 1 atom stereocenters. The van der Waals surface area contributed by atoms with Gasteiger partial charge in [-0.1, -0.05) is 11.8 Å². The summed E-state index contributed by atoms with van der Waals surface area (Å²) in [4.78, 5) is 8.17. The fraction of sp³-hybridized carbons (Fsp3) is 0.556. The van der Waals surface area contributed by atoms with Crippen molar-refractivity contribution >= 4 is 17.6 Å². The molecule has 1 aromatic heterocycles. The highest BCUT2D eigenvalue weighted by atomic mass is 32.2. The molecule has 1 unspecified atom stereocenters.